The smallest absolute Gasteiger partial charge is 0.342 e. The lowest BCUT2D eigenvalue weighted by molar-refractivity contribution is 0.0458. The van der Waals surface area contributed by atoms with Gasteiger partial charge in [-0.15, -0.1) is 0 Å². The highest BCUT2D eigenvalue weighted by atomic mass is 16.5. The van der Waals surface area contributed by atoms with Crippen molar-refractivity contribution in [2.75, 3.05) is 13.2 Å². The first kappa shape index (κ1) is 15.9. The van der Waals surface area contributed by atoms with Crippen molar-refractivity contribution in [1.82, 2.24) is 0 Å². The second-order valence-electron chi connectivity index (χ2n) is 4.12. The van der Waals surface area contributed by atoms with Crippen molar-refractivity contribution in [3.8, 4) is 0 Å². The Morgan fingerprint density at radius 3 is 2.50 bits per heavy atom. The van der Waals surface area contributed by atoms with Gasteiger partial charge in [-0.2, -0.15) is 0 Å². The van der Waals surface area contributed by atoms with Gasteiger partial charge in [0.1, 0.15) is 11.3 Å². The molecule has 0 saturated heterocycles. The summed E-state index contributed by atoms with van der Waals surface area (Å²) in [6.07, 6.45) is 1.59. The summed E-state index contributed by atoms with van der Waals surface area (Å²) in [7, 11) is 0. The summed E-state index contributed by atoms with van der Waals surface area (Å²) in [6, 6.07) is 0.946. The van der Waals surface area contributed by atoms with Crippen molar-refractivity contribution < 1.29 is 23.5 Å². The van der Waals surface area contributed by atoms with E-state index in [1.807, 2.05) is 6.92 Å². The number of hydrogen-bond acceptors (Lipinski definition) is 6. The normalized spacial score (nSPS) is 10.2. The molecule has 6 nitrogen and oxygen atoms in total. The molecule has 6 heteroatoms. The van der Waals surface area contributed by atoms with Crippen LogP contribution in [0.2, 0.25) is 0 Å². The first-order valence-corrected chi connectivity index (χ1v) is 6.50. The molecule has 0 aliphatic rings. The van der Waals surface area contributed by atoms with E-state index in [2.05, 4.69) is 0 Å². The number of unbranched alkanes of at least 4 members (excludes halogenated alkanes) is 1. The molecule has 0 aliphatic carbocycles. The highest BCUT2D eigenvalue weighted by Crippen LogP contribution is 2.15. The molecule has 0 fully saturated rings. The minimum atomic E-state index is -0.744. The first-order valence-electron chi connectivity index (χ1n) is 6.50. The summed E-state index contributed by atoms with van der Waals surface area (Å²) in [5.41, 5.74) is -0.892. The van der Waals surface area contributed by atoms with Gasteiger partial charge >= 0.3 is 17.6 Å². The summed E-state index contributed by atoms with van der Waals surface area (Å²) >= 11 is 0. The average Bonchev–Trinajstić information content (AvgIpc) is 2.38. The molecule has 0 unspecified atom stereocenters. The van der Waals surface area contributed by atoms with E-state index in [1.165, 1.54) is 6.92 Å². The lowest BCUT2D eigenvalue weighted by Gasteiger charge is -2.10. The Kier molecular flexibility index (Phi) is 5.96. The Hall–Kier alpha value is -2.11. The molecule has 0 N–H and O–H groups in total. The van der Waals surface area contributed by atoms with Crippen LogP contribution in [0.1, 0.15) is 53.2 Å². The van der Waals surface area contributed by atoms with Gasteiger partial charge in [0.2, 0.25) is 0 Å². The molecule has 0 aliphatic heterocycles. The van der Waals surface area contributed by atoms with E-state index < -0.39 is 17.6 Å². The van der Waals surface area contributed by atoms with Gasteiger partial charge in [-0.3, -0.25) is 0 Å². The Labute approximate surface area is 116 Å². The number of carbonyl (C=O) groups is 2. The average molecular weight is 282 g/mol. The molecule has 0 radical (unpaired) electrons. The van der Waals surface area contributed by atoms with Gasteiger partial charge in [-0.05, 0) is 20.3 Å². The Balaban J connectivity index is 3.12. The molecule has 1 aromatic heterocycles. The molecule has 0 spiro atoms. The standard InChI is InChI=1S/C14H18O6/c1-4-6-7-19-14(17)12-9(3)20-11(15)8-10(12)13(16)18-5-2/h8H,4-7H2,1-3H3. The SMILES string of the molecule is CCCCOC(=O)c1c(C(=O)OCC)cc(=O)oc1C. The molecular formula is C14H18O6. The van der Waals surface area contributed by atoms with Crippen LogP contribution in [0.15, 0.2) is 15.3 Å². The molecule has 0 saturated carbocycles. The quantitative estimate of drug-likeness (QED) is 0.587. The zero-order valence-corrected chi connectivity index (χ0v) is 11.9. The maximum absolute atomic E-state index is 12.0. The van der Waals surface area contributed by atoms with Gasteiger partial charge in [-0.1, -0.05) is 13.3 Å². The molecule has 0 aromatic carbocycles. The number of aryl methyl sites for hydroxylation is 1. The van der Waals surface area contributed by atoms with E-state index in [9.17, 15) is 14.4 Å². The summed E-state index contributed by atoms with van der Waals surface area (Å²) in [4.78, 5) is 35.1. The van der Waals surface area contributed by atoms with Crippen molar-refractivity contribution in [1.29, 1.82) is 0 Å². The van der Waals surface area contributed by atoms with E-state index in [1.54, 1.807) is 6.92 Å². The third-order valence-electron chi connectivity index (χ3n) is 2.57. The first-order chi connectivity index (χ1) is 9.51. The lowest BCUT2D eigenvalue weighted by atomic mass is 10.1. The van der Waals surface area contributed by atoms with Gasteiger partial charge in [0.05, 0.1) is 18.8 Å². The minimum absolute atomic E-state index is 0.0436. The predicted molar refractivity (Wildman–Crippen MR) is 70.9 cm³/mol. The van der Waals surface area contributed by atoms with Crippen molar-refractivity contribution in [3.05, 3.63) is 33.4 Å². The van der Waals surface area contributed by atoms with Gasteiger partial charge < -0.3 is 13.9 Å². The van der Waals surface area contributed by atoms with Crippen molar-refractivity contribution in [2.45, 2.75) is 33.6 Å². The fraction of sp³-hybridized carbons (Fsp3) is 0.500. The molecule has 0 amide bonds. The van der Waals surface area contributed by atoms with E-state index in [4.69, 9.17) is 13.9 Å². The summed E-state index contributed by atoms with van der Waals surface area (Å²) in [6.45, 7) is 5.42. The van der Waals surface area contributed by atoms with Crippen molar-refractivity contribution >= 4 is 11.9 Å². The van der Waals surface area contributed by atoms with Crippen molar-refractivity contribution in [2.24, 2.45) is 0 Å². The van der Waals surface area contributed by atoms with Crippen LogP contribution >= 0.6 is 0 Å². The Morgan fingerprint density at radius 1 is 1.20 bits per heavy atom. The highest BCUT2D eigenvalue weighted by molar-refractivity contribution is 6.03. The molecular weight excluding hydrogens is 264 g/mol. The largest absolute Gasteiger partial charge is 0.462 e. The van der Waals surface area contributed by atoms with Gasteiger partial charge in [0, 0.05) is 6.07 Å². The van der Waals surface area contributed by atoms with Crippen LogP contribution in [0.25, 0.3) is 0 Å². The second kappa shape index (κ2) is 7.47. The summed E-state index contributed by atoms with van der Waals surface area (Å²) in [5.74, 6) is -1.39. The van der Waals surface area contributed by atoms with E-state index in [-0.39, 0.29) is 30.1 Å². The third kappa shape index (κ3) is 3.94. The van der Waals surface area contributed by atoms with Gasteiger partial charge in [-0.25, -0.2) is 14.4 Å². The van der Waals surface area contributed by atoms with Crippen LogP contribution in [-0.4, -0.2) is 25.2 Å². The van der Waals surface area contributed by atoms with Crippen LogP contribution in [0, 0.1) is 6.92 Å². The zero-order chi connectivity index (χ0) is 15.1. The van der Waals surface area contributed by atoms with E-state index >= 15 is 0 Å². The van der Waals surface area contributed by atoms with Crippen LogP contribution in [-0.2, 0) is 9.47 Å². The molecule has 0 bridgehead atoms. The number of ether oxygens (including phenoxy) is 2. The predicted octanol–water partition coefficient (Wildman–Crippen LogP) is 2.08. The number of hydrogen-bond donors (Lipinski definition) is 0. The topological polar surface area (TPSA) is 82.8 Å². The number of carbonyl (C=O) groups excluding carboxylic acids is 2. The molecule has 1 heterocycles. The molecule has 1 rings (SSSR count). The second-order valence-corrected chi connectivity index (χ2v) is 4.12. The van der Waals surface area contributed by atoms with Crippen LogP contribution in [0.4, 0.5) is 0 Å². The van der Waals surface area contributed by atoms with E-state index in [0.717, 1.165) is 18.9 Å². The monoisotopic (exact) mass is 282 g/mol. The van der Waals surface area contributed by atoms with Gasteiger partial charge in [0.15, 0.2) is 0 Å². The Morgan fingerprint density at radius 2 is 1.90 bits per heavy atom. The van der Waals surface area contributed by atoms with Crippen molar-refractivity contribution in [3.63, 3.8) is 0 Å². The molecule has 0 atom stereocenters. The third-order valence-corrected chi connectivity index (χ3v) is 2.57. The fourth-order valence-corrected chi connectivity index (χ4v) is 1.62. The van der Waals surface area contributed by atoms with Gasteiger partial charge in [0.25, 0.3) is 0 Å². The number of rotatable bonds is 6. The summed E-state index contributed by atoms with van der Waals surface area (Å²) in [5, 5.41) is 0. The minimum Gasteiger partial charge on any atom is -0.462 e. The highest BCUT2D eigenvalue weighted by Gasteiger charge is 2.24. The number of esters is 2. The Bertz CT molecular complexity index is 543. The lowest BCUT2D eigenvalue weighted by Crippen LogP contribution is -2.19. The fourth-order valence-electron chi connectivity index (χ4n) is 1.62. The summed E-state index contributed by atoms with van der Waals surface area (Å²) < 4.78 is 14.7. The van der Waals surface area contributed by atoms with E-state index in [0.29, 0.717) is 0 Å². The van der Waals surface area contributed by atoms with Crippen LogP contribution in [0.5, 0.6) is 0 Å². The van der Waals surface area contributed by atoms with Crippen LogP contribution < -0.4 is 5.63 Å². The van der Waals surface area contributed by atoms with Crippen LogP contribution in [0.3, 0.4) is 0 Å². The molecule has 110 valence electrons. The molecule has 20 heavy (non-hydrogen) atoms. The maximum atomic E-state index is 12.0. The molecule has 1 aromatic rings. The maximum Gasteiger partial charge on any atom is 0.342 e. The zero-order valence-electron chi connectivity index (χ0n) is 11.9.